The van der Waals surface area contributed by atoms with Gasteiger partial charge >= 0.3 is 6.03 Å². The summed E-state index contributed by atoms with van der Waals surface area (Å²) in [6.45, 7) is 0.582. The molecular weight excluding hydrogens is 370 g/mol. The first-order valence-corrected chi connectivity index (χ1v) is 9.24. The molecule has 1 saturated carbocycles. The number of urea groups is 1. The van der Waals surface area contributed by atoms with Crippen molar-refractivity contribution in [2.75, 3.05) is 26.2 Å². The lowest BCUT2D eigenvalue weighted by atomic mass is 10.1. The standard InChI is InChI=1S/C19H24F2N4O3/c20-16(21)13-28-15-6-4-5-14(11-15)19(7-8-19)24-22-9-2-1-3-10-25-12-17(26)23-18(25)27/h1,3-6,11,16,22,24H,2,7-10,12-13H2,(H,23,26,27)/b3-1+. The quantitative estimate of drug-likeness (QED) is 0.231. The van der Waals surface area contributed by atoms with Crippen LogP contribution in [0.25, 0.3) is 0 Å². The molecule has 3 N–H and O–H groups in total. The third-order valence-corrected chi connectivity index (χ3v) is 4.64. The monoisotopic (exact) mass is 394 g/mol. The number of hydrogen-bond donors (Lipinski definition) is 3. The van der Waals surface area contributed by atoms with E-state index < -0.39 is 13.0 Å². The molecule has 1 aliphatic heterocycles. The maximum atomic E-state index is 12.3. The van der Waals surface area contributed by atoms with E-state index in [1.54, 1.807) is 18.2 Å². The van der Waals surface area contributed by atoms with Gasteiger partial charge in [-0.05, 0) is 37.0 Å². The average molecular weight is 394 g/mol. The first-order valence-electron chi connectivity index (χ1n) is 9.24. The molecule has 1 aromatic carbocycles. The number of halogens is 2. The Morgan fingerprint density at radius 1 is 1.29 bits per heavy atom. The highest BCUT2D eigenvalue weighted by Crippen LogP contribution is 2.45. The van der Waals surface area contributed by atoms with Gasteiger partial charge < -0.3 is 9.64 Å². The predicted octanol–water partition coefficient (Wildman–Crippen LogP) is 1.91. The van der Waals surface area contributed by atoms with Gasteiger partial charge in [-0.15, -0.1) is 0 Å². The van der Waals surface area contributed by atoms with Crippen molar-refractivity contribution in [3.63, 3.8) is 0 Å². The van der Waals surface area contributed by atoms with Crippen molar-refractivity contribution in [1.29, 1.82) is 0 Å². The summed E-state index contributed by atoms with van der Waals surface area (Å²) in [5.74, 6) is 0.168. The fourth-order valence-corrected chi connectivity index (χ4v) is 2.99. The molecule has 2 fully saturated rings. The highest BCUT2D eigenvalue weighted by molar-refractivity contribution is 6.01. The lowest BCUT2D eigenvalue weighted by molar-refractivity contribution is -0.118. The van der Waals surface area contributed by atoms with Gasteiger partial charge in [0.1, 0.15) is 18.9 Å². The summed E-state index contributed by atoms with van der Waals surface area (Å²) in [5, 5.41) is 2.23. The molecule has 1 heterocycles. The SMILES string of the molecule is O=C1CN(C/C=C/CCNNC2(c3cccc(OCC(F)F)c3)CC2)C(=O)N1. The van der Waals surface area contributed by atoms with Gasteiger partial charge in [0.25, 0.3) is 6.43 Å². The largest absolute Gasteiger partial charge is 0.488 e. The van der Waals surface area contributed by atoms with Crippen LogP contribution in [0.4, 0.5) is 13.6 Å². The molecule has 28 heavy (non-hydrogen) atoms. The Morgan fingerprint density at radius 3 is 2.79 bits per heavy atom. The van der Waals surface area contributed by atoms with Gasteiger partial charge in [-0.1, -0.05) is 24.3 Å². The van der Waals surface area contributed by atoms with Gasteiger partial charge in [-0.3, -0.25) is 15.5 Å². The molecule has 1 aromatic rings. The Hall–Kier alpha value is -2.52. The molecule has 0 unspecified atom stereocenters. The van der Waals surface area contributed by atoms with Crippen LogP contribution in [0, 0.1) is 0 Å². The van der Waals surface area contributed by atoms with Crippen LogP contribution in [0.1, 0.15) is 24.8 Å². The van der Waals surface area contributed by atoms with Crippen LogP contribution in [-0.2, 0) is 10.3 Å². The van der Waals surface area contributed by atoms with E-state index in [0.29, 0.717) is 18.8 Å². The lowest BCUT2D eigenvalue weighted by Gasteiger charge is -2.19. The molecule has 152 valence electrons. The van der Waals surface area contributed by atoms with E-state index in [2.05, 4.69) is 16.2 Å². The molecule has 1 saturated heterocycles. The third-order valence-electron chi connectivity index (χ3n) is 4.64. The Labute approximate surface area is 162 Å². The zero-order chi connectivity index (χ0) is 20.0. The minimum absolute atomic E-state index is 0.103. The van der Waals surface area contributed by atoms with Crippen molar-refractivity contribution < 1.29 is 23.1 Å². The van der Waals surface area contributed by atoms with Crippen molar-refractivity contribution in [2.45, 2.75) is 31.2 Å². The van der Waals surface area contributed by atoms with Crippen LogP contribution in [-0.4, -0.2) is 49.5 Å². The van der Waals surface area contributed by atoms with E-state index in [0.717, 1.165) is 24.8 Å². The number of amides is 3. The highest BCUT2D eigenvalue weighted by atomic mass is 19.3. The molecule has 3 rings (SSSR count). The normalized spacial score (nSPS) is 18.2. The first-order chi connectivity index (χ1) is 13.5. The summed E-state index contributed by atoms with van der Waals surface area (Å²) in [6, 6.07) is 6.88. The second-order valence-corrected chi connectivity index (χ2v) is 6.86. The zero-order valence-electron chi connectivity index (χ0n) is 15.4. The van der Waals surface area contributed by atoms with E-state index in [-0.39, 0.29) is 24.0 Å². The molecular formula is C19H24F2N4O3. The summed E-state index contributed by atoms with van der Waals surface area (Å²) in [5.41, 5.74) is 7.32. The topological polar surface area (TPSA) is 82.7 Å². The third kappa shape index (κ3) is 5.49. The number of alkyl halides is 2. The average Bonchev–Trinajstić information content (AvgIpc) is 3.39. The molecule has 7 nitrogen and oxygen atoms in total. The van der Waals surface area contributed by atoms with Crippen LogP contribution in [0.2, 0.25) is 0 Å². The Balaban J connectivity index is 1.38. The summed E-state index contributed by atoms with van der Waals surface area (Å²) >= 11 is 0. The van der Waals surface area contributed by atoms with Gasteiger partial charge in [0.15, 0.2) is 0 Å². The van der Waals surface area contributed by atoms with Gasteiger partial charge in [0.2, 0.25) is 5.91 Å². The van der Waals surface area contributed by atoms with E-state index in [9.17, 15) is 18.4 Å². The molecule has 0 atom stereocenters. The van der Waals surface area contributed by atoms with E-state index in [1.165, 1.54) is 4.90 Å². The second kappa shape index (κ2) is 9.11. The summed E-state index contributed by atoms with van der Waals surface area (Å²) in [6.07, 6.45) is 3.97. The van der Waals surface area contributed by atoms with E-state index in [1.807, 2.05) is 18.2 Å². The van der Waals surface area contributed by atoms with Gasteiger partial charge in [-0.25, -0.2) is 19.0 Å². The molecule has 0 aromatic heterocycles. The maximum absolute atomic E-state index is 12.3. The predicted molar refractivity (Wildman–Crippen MR) is 98.9 cm³/mol. The van der Waals surface area contributed by atoms with Gasteiger partial charge in [-0.2, -0.15) is 0 Å². The number of rotatable bonds is 11. The Bertz CT molecular complexity index is 738. The van der Waals surface area contributed by atoms with Crippen molar-refractivity contribution in [3.8, 4) is 5.75 Å². The molecule has 0 bridgehead atoms. The number of carbonyl (C=O) groups is 2. The summed E-state index contributed by atoms with van der Waals surface area (Å²) in [7, 11) is 0. The van der Waals surface area contributed by atoms with Gasteiger partial charge in [0.05, 0.1) is 5.54 Å². The van der Waals surface area contributed by atoms with Crippen molar-refractivity contribution in [3.05, 3.63) is 42.0 Å². The molecule has 0 radical (unpaired) electrons. The molecule has 2 aliphatic rings. The minimum atomic E-state index is -2.49. The van der Waals surface area contributed by atoms with Crippen LogP contribution < -0.4 is 20.9 Å². The lowest BCUT2D eigenvalue weighted by Crippen LogP contribution is -2.41. The van der Waals surface area contributed by atoms with Crippen LogP contribution in [0.3, 0.4) is 0 Å². The number of hydrogen-bond acceptors (Lipinski definition) is 5. The molecule has 9 heteroatoms. The number of ether oxygens (including phenoxy) is 1. The molecule has 1 aliphatic carbocycles. The number of hydrazine groups is 1. The second-order valence-electron chi connectivity index (χ2n) is 6.86. The van der Waals surface area contributed by atoms with Crippen molar-refractivity contribution in [1.82, 2.24) is 21.1 Å². The number of nitrogens with one attached hydrogen (secondary N) is 3. The Kier molecular flexibility index (Phi) is 6.58. The maximum Gasteiger partial charge on any atom is 0.324 e. The first kappa shape index (κ1) is 20.2. The molecule has 0 spiro atoms. The number of benzene rings is 1. The van der Waals surface area contributed by atoms with Crippen molar-refractivity contribution in [2.24, 2.45) is 0 Å². The summed E-state index contributed by atoms with van der Waals surface area (Å²) in [4.78, 5) is 23.9. The Morgan fingerprint density at radius 2 is 2.11 bits per heavy atom. The van der Waals surface area contributed by atoms with Crippen LogP contribution in [0.5, 0.6) is 5.75 Å². The summed E-state index contributed by atoms with van der Waals surface area (Å²) < 4.78 is 29.7. The van der Waals surface area contributed by atoms with E-state index in [4.69, 9.17) is 4.74 Å². The van der Waals surface area contributed by atoms with Gasteiger partial charge in [0, 0.05) is 13.1 Å². The van der Waals surface area contributed by atoms with E-state index >= 15 is 0 Å². The zero-order valence-corrected chi connectivity index (χ0v) is 15.4. The smallest absolute Gasteiger partial charge is 0.324 e. The number of nitrogens with zero attached hydrogens (tertiary/aromatic N) is 1. The van der Waals surface area contributed by atoms with Crippen molar-refractivity contribution >= 4 is 11.9 Å². The molecule has 3 amide bonds. The number of imide groups is 1. The van der Waals surface area contributed by atoms with Crippen LogP contribution in [0.15, 0.2) is 36.4 Å². The minimum Gasteiger partial charge on any atom is -0.488 e. The fourth-order valence-electron chi connectivity index (χ4n) is 2.99. The fraction of sp³-hybridized carbons (Fsp3) is 0.474. The number of carbonyl (C=O) groups excluding carboxylic acids is 2. The highest BCUT2D eigenvalue weighted by Gasteiger charge is 2.44. The van der Waals surface area contributed by atoms with Crippen LogP contribution >= 0.6 is 0 Å².